The quantitative estimate of drug-likeness (QED) is 0.479. The molecule has 8 heteroatoms. The zero-order chi connectivity index (χ0) is 19.6. The molecule has 2 N–H and O–H groups in total. The van der Waals surface area contributed by atoms with Gasteiger partial charge in [0.05, 0.1) is 28.4 Å². The summed E-state index contributed by atoms with van der Waals surface area (Å²) in [5, 5.41) is 30.2. The monoisotopic (exact) mass is 378 g/mol. The fourth-order valence-corrected chi connectivity index (χ4v) is 2.90. The largest absolute Gasteiger partial charge is 0.504 e. The van der Waals surface area contributed by atoms with E-state index in [1.165, 1.54) is 12.1 Å². The first kappa shape index (κ1) is 18.0. The topological polar surface area (TPSA) is 117 Å². The van der Waals surface area contributed by atoms with Crippen LogP contribution in [0.2, 0.25) is 5.02 Å². The molecule has 1 aliphatic rings. The highest BCUT2D eigenvalue weighted by molar-refractivity contribution is 6.32. The van der Waals surface area contributed by atoms with Gasteiger partial charge in [0.25, 0.3) is 11.8 Å². The van der Waals surface area contributed by atoms with Gasteiger partial charge in [-0.2, -0.15) is 10.5 Å². The number of benzene rings is 2. The minimum atomic E-state index is -0.412. The fourth-order valence-electron chi connectivity index (χ4n) is 2.66. The van der Waals surface area contributed by atoms with Crippen molar-refractivity contribution in [2.75, 3.05) is 5.32 Å². The van der Waals surface area contributed by atoms with Crippen molar-refractivity contribution in [1.29, 1.82) is 10.5 Å². The van der Waals surface area contributed by atoms with E-state index in [0.717, 1.165) is 11.1 Å². The number of amides is 2. The second kappa shape index (κ2) is 7.20. The Bertz CT molecular complexity index is 1030. The number of imide groups is 1. The maximum atomic E-state index is 12.5. The van der Waals surface area contributed by atoms with E-state index in [-0.39, 0.29) is 28.6 Å². The predicted molar refractivity (Wildman–Crippen MR) is 96.7 cm³/mol. The second-order valence-corrected chi connectivity index (χ2v) is 6.05. The number of allylic oxidation sites excluding steroid dienone is 1. The van der Waals surface area contributed by atoms with Crippen LogP contribution in [0.3, 0.4) is 0 Å². The lowest BCUT2D eigenvalue weighted by molar-refractivity contribution is 0.0642. The van der Waals surface area contributed by atoms with Gasteiger partial charge in [0, 0.05) is 6.20 Å². The normalized spacial score (nSPS) is 12.2. The van der Waals surface area contributed by atoms with Gasteiger partial charge >= 0.3 is 0 Å². The van der Waals surface area contributed by atoms with Crippen molar-refractivity contribution < 1.29 is 14.7 Å². The van der Waals surface area contributed by atoms with Gasteiger partial charge in [0.1, 0.15) is 17.7 Å². The van der Waals surface area contributed by atoms with Gasteiger partial charge < -0.3 is 10.4 Å². The first-order valence-corrected chi connectivity index (χ1v) is 8.07. The molecule has 0 aromatic heterocycles. The molecular formula is C19H11ClN4O3. The Labute approximate surface area is 159 Å². The van der Waals surface area contributed by atoms with E-state index >= 15 is 0 Å². The van der Waals surface area contributed by atoms with E-state index in [4.69, 9.17) is 22.1 Å². The van der Waals surface area contributed by atoms with Crippen molar-refractivity contribution in [3.63, 3.8) is 0 Å². The molecule has 0 atom stereocenters. The minimum absolute atomic E-state index is 0.00419. The highest BCUT2D eigenvalue weighted by atomic mass is 35.5. The number of anilines is 1. The molecule has 7 nitrogen and oxygen atoms in total. The summed E-state index contributed by atoms with van der Waals surface area (Å²) in [5.74, 6) is -1.11. The zero-order valence-corrected chi connectivity index (χ0v) is 14.5. The van der Waals surface area contributed by atoms with Crippen molar-refractivity contribution >= 4 is 29.1 Å². The van der Waals surface area contributed by atoms with Gasteiger partial charge in [-0.15, -0.1) is 0 Å². The van der Waals surface area contributed by atoms with Crippen molar-refractivity contribution in [1.82, 2.24) is 4.90 Å². The first-order chi connectivity index (χ1) is 13.0. The van der Waals surface area contributed by atoms with Crippen LogP contribution in [0.4, 0.5) is 5.69 Å². The van der Waals surface area contributed by atoms with Gasteiger partial charge in [-0.3, -0.25) is 14.5 Å². The first-order valence-electron chi connectivity index (χ1n) is 7.69. The zero-order valence-electron chi connectivity index (χ0n) is 13.7. The highest BCUT2D eigenvalue weighted by Crippen LogP contribution is 2.34. The molecule has 0 unspecified atom stereocenters. The average molecular weight is 379 g/mol. The Hall–Kier alpha value is -3.81. The maximum absolute atomic E-state index is 12.5. The molecule has 2 aromatic carbocycles. The maximum Gasteiger partial charge on any atom is 0.261 e. The van der Waals surface area contributed by atoms with Crippen molar-refractivity contribution in [2.24, 2.45) is 0 Å². The molecule has 3 rings (SSSR count). The van der Waals surface area contributed by atoms with Crippen LogP contribution in [0.1, 0.15) is 26.3 Å². The van der Waals surface area contributed by atoms with E-state index in [1.54, 1.807) is 36.4 Å². The molecule has 2 aromatic rings. The molecule has 27 heavy (non-hydrogen) atoms. The number of rotatable bonds is 4. The fraction of sp³-hybridized carbons (Fsp3) is 0.0526. The lowest BCUT2D eigenvalue weighted by atomic mass is 10.1. The third kappa shape index (κ3) is 3.32. The summed E-state index contributed by atoms with van der Waals surface area (Å²) in [5.41, 5.74) is 1.09. The van der Waals surface area contributed by atoms with Crippen molar-refractivity contribution in [2.45, 2.75) is 6.54 Å². The number of halogens is 1. The van der Waals surface area contributed by atoms with E-state index in [2.05, 4.69) is 5.32 Å². The van der Waals surface area contributed by atoms with E-state index in [9.17, 15) is 14.7 Å². The van der Waals surface area contributed by atoms with Crippen LogP contribution in [0.25, 0.3) is 0 Å². The Kier molecular flexibility index (Phi) is 4.80. The van der Waals surface area contributed by atoms with Crippen molar-refractivity contribution in [3.8, 4) is 17.9 Å². The molecule has 0 fully saturated rings. The van der Waals surface area contributed by atoms with Gasteiger partial charge in [-0.1, -0.05) is 23.7 Å². The molecule has 1 heterocycles. The van der Waals surface area contributed by atoms with Gasteiger partial charge in [0.15, 0.2) is 5.75 Å². The van der Waals surface area contributed by atoms with Crippen LogP contribution < -0.4 is 5.32 Å². The second-order valence-electron chi connectivity index (χ2n) is 5.64. The Morgan fingerprint density at radius 3 is 2.30 bits per heavy atom. The van der Waals surface area contributed by atoms with Crippen LogP contribution in [0.5, 0.6) is 5.75 Å². The molecule has 1 aliphatic heterocycles. The molecule has 2 amide bonds. The number of fused-ring (bicyclic) bond motifs is 1. The van der Waals surface area contributed by atoms with E-state index < -0.39 is 11.8 Å². The standard InChI is InChI=1S/C19H11ClN4O3/c20-15-5-11(6-16(17(15)25)23-9-12(7-21)8-22)10-24-18(26)13-3-1-2-4-14(13)19(24)27/h1-6,9,23,25H,10H2. The minimum Gasteiger partial charge on any atom is -0.504 e. The lowest BCUT2D eigenvalue weighted by Crippen LogP contribution is -2.29. The number of carbonyl (C=O) groups excluding carboxylic acids is 2. The van der Waals surface area contributed by atoms with Crippen LogP contribution >= 0.6 is 11.6 Å². The van der Waals surface area contributed by atoms with E-state index in [0.29, 0.717) is 16.7 Å². The summed E-state index contributed by atoms with van der Waals surface area (Å²) in [7, 11) is 0. The summed E-state index contributed by atoms with van der Waals surface area (Å²) in [6, 6.07) is 12.8. The van der Waals surface area contributed by atoms with E-state index in [1.807, 2.05) is 0 Å². The number of hydrogen-bond acceptors (Lipinski definition) is 6. The van der Waals surface area contributed by atoms with Gasteiger partial charge in [-0.25, -0.2) is 0 Å². The summed E-state index contributed by atoms with van der Waals surface area (Å²) >= 11 is 6.02. The van der Waals surface area contributed by atoms with Crippen LogP contribution in [-0.2, 0) is 6.54 Å². The van der Waals surface area contributed by atoms with Gasteiger partial charge in [-0.05, 0) is 29.8 Å². The van der Waals surface area contributed by atoms with Crippen LogP contribution in [0.15, 0.2) is 48.2 Å². The summed E-state index contributed by atoms with van der Waals surface area (Å²) in [4.78, 5) is 26.0. The number of carbonyl (C=O) groups is 2. The smallest absolute Gasteiger partial charge is 0.261 e. The Morgan fingerprint density at radius 2 is 1.74 bits per heavy atom. The summed E-state index contributed by atoms with van der Waals surface area (Å²) < 4.78 is 0. The SMILES string of the molecule is N#CC(C#N)=CNc1cc(CN2C(=O)c3ccccc3C2=O)cc(Cl)c1O. The molecular weight excluding hydrogens is 368 g/mol. The van der Waals surface area contributed by atoms with Crippen LogP contribution in [-0.4, -0.2) is 21.8 Å². The Balaban J connectivity index is 1.90. The number of hydrogen-bond donors (Lipinski definition) is 2. The lowest BCUT2D eigenvalue weighted by Gasteiger charge is -2.16. The molecule has 0 saturated heterocycles. The number of nitrogens with one attached hydrogen (secondary N) is 1. The number of nitrogens with zero attached hydrogens (tertiary/aromatic N) is 3. The van der Waals surface area contributed by atoms with Crippen molar-refractivity contribution in [3.05, 3.63) is 69.9 Å². The average Bonchev–Trinajstić information content (AvgIpc) is 2.91. The molecule has 0 saturated carbocycles. The number of aromatic hydroxyl groups is 1. The highest BCUT2D eigenvalue weighted by Gasteiger charge is 2.35. The van der Waals surface area contributed by atoms with Gasteiger partial charge in [0.2, 0.25) is 0 Å². The number of phenolic OH excluding ortho intramolecular Hbond substituents is 1. The predicted octanol–water partition coefficient (Wildman–Crippen LogP) is 3.18. The molecule has 0 radical (unpaired) electrons. The third-order valence-corrected chi connectivity index (χ3v) is 4.24. The molecule has 0 bridgehead atoms. The third-order valence-electron chi connectivity index (χ3n) is 3.95. The molecule has 0 spiro atoms. The number of phenols is 1. The number of nitriles is 2. The Morgan fingerprint density at radius 1 is 1.15 bits per heavy atom. The summed E-state index contributed by atoms with van der Waals surface area (Å²) in [6.45, 7) is -0.0475. The molecule has 0 aliphatic carbocycles. The molecule has 132 valence electrons. The summed E-state index contributed by atoms with van der Waals surface area (Å²) in [6.07, 6.45) is 1.12. The van der Waals surface area contributed by atoms with Crippen LogP contribution in [0, 0.1) is 22.7 Å².